The van der Waals surface area contributed by atoms with E-state index < -0.39 is 5.60 Å². The molecule has 0 radical (unpaired) electrons. The lowest BCUT2D eigenvalue weighted by Crippen LogP contribution is -2.45. The van der Waals surface area contributed by atoms with Crippen LogP contribution in [0.3, 0.4) is 0 Å². The second-order valence-electron chi connectivity index (χ2n) is 8.45. The van der Waals surface area contributed by atoms with Gasteiger partial charge in [0.25, 0.3) is 5.91 Å². The van der Waals surface area contributed by atoms with Crippen molar-refractivity contribution in [2.24, 2.45) is 5.92 Å². The zero-order valence-electron chi connectivity index (χ0n) is 16.1. The highest BCUT2D eigenvalue weighted by molar-refractivity contribution is 5.94. The van der Waals surface area contributed by atoms with E-state index in [9.17, 15) is 9.59 Å². The zero-order chi connectivity index (χ0) is 19.2. The lowest BCUT2D eigenvalue weighted by atomic mass is 9.96. The largest absolute Gasteiger partial charge is 0.444 e. The second-order valence-corrected chi connectivity index (χ2v) is 8.45. The Morgan fingerprint density at radius 2 is 2.00 bits per heavy atom. The maximum atomic E-state index is 12.8. The quantitative estimate of drug-likeness (QED) is 0.815. The van der Waals surface area contributed by atoms with Gasteiger partial charge in [-0.15, -0.1) is 0 Å². The Kier molecular flexibility index (Phi) is 4.32. The Morgan fingerprint density at radius 1 is 1.26 bits per heavy atom. The van der Waals surface area contributed by atoms with Crippen molar-refractivity contribution in [3.63, 3.8) is 0 Å². The van der Waals surface area contributed by atoms with Gasteiger partial charge in [0, 0.05) is 25.3 Å². The van der Waals surface area contributed by atoms with Crippen LogP contribution in [-0.4, -0.2) is 56.4 Å². The molecule has 0 saturated carbocycles. The molecule has 0 bridgehead atoms. The molecule has 2 aliphatic rings. The summed E-state index contributed by atoms with van der Waals surface area (Å²) in [6, 6.07) is 5.94. The molecule has 4 heterocycles. The van der Waals surface area contributed by atoms with E-state index in [1.165, 1.54) is 0 Å². The molecule has 27 heavy (non-hydrogen) atoms. The fourth-order valence-electron chi connectivity index (χ4n) is 3.89. The lowest BCUT2D eigenvalue weighted by molar-refractivity contribution is 0.0164. The smallest absolute Gasteiger partial charge is 0.410 e. The number of ether oxygens (including phenoxy) is 1. The monoisotopic (exact) mass is 370 g/mol. The molecular weight excluding hydrogens is 344 g/mol. The minimum atomic E-state index is -0.474. The van der Waals surface area contributed by atoms with Crippen LogP contribution in [0.2, 0.25) is 0 Å². The molecule has 0 atom stereocenters. The molecule has 0 aromatic carbocycles. The van der Waals surface area contributed by atoms with Crippen molar-refractivity contribution in [1.82, 2.24) is 19.2 Å². The van der Waals surface area contributed by atoms with Crippen molar-refractivity contribution in [2.45, 2.75) is 45.8 Å². The third-order valence-electron chi connectivity index (χ3n) is 5.21. The molecule has 2 aromatic heterocycles. The van der Waals surface area contributed by atoms with Crippen LogP contribution < -0.4 is 0 Å². The summed E-state index contributed by atoms with van der Waals surface area (Å²) in [7, 11) is 0. The van der Waals surface area contributed by atoms with Gasteiger partial charge in [0.15, 0.2) is 0 Å². The number of piperidine rings is 1. The third kappa shape index (κ3) is 3.50. The lowest BCUT2D eigenvalue weighted by Gasteiger charge is -2.36. The van der Waals surface area contributed by atoms with Gasteiger partial charge in [0.1, 0.15) is 16.9 Å². The number of carbonyl (C=O) groups is 2. The standard InChI is InChI=1S/C20H26N4O3/c1-20(2,3)27-19(26)22-9-7-14(8-10-22)12-23-13-15-5-4-6-17-21-11-16(18(23)25)24(15)17/h4-6,11,14H,7-10,12-13H2,1-3H3. The van der Waals surface area contributed by atoms with Gasteiger partial charge in [-0.3, -0.25) is 9.20 Å². The van der Waals surface area contributed by atoms with Gasteiger partial charge in [-0.1, -0.05) is 6.07 Å². The molecule has 7 nitrogen and oxygen atoms in total. The summed E-state index contributed by atoms with van der Waals surface area (Å²) in [6.45, 7) is 8.30. The molecular formula is C20H26N4O3. The van der Waals surface area contributed by atoms with Crippen molar-refractivity contribution in [2.75, 3.05) is 19.6 Å². The minimum absolute atomic E-state index is 0.0378. The number of aromatic nitrogens is 2. The SMILES string of the molecule is CC(C)(C)OC(=O)N1CCC(CN2Cc3cccc4ncc(n34)C2=O)CC1. The molecule has 0 unspecified atom stereocenters. The van der Waals surface area contributed by atoms with Crippen LogP contribution >= 0.6 is 0 Å². The number of hydrogen-bond donors (Lipinski definition) is 0. The Morgan fingerprint density at radius 3 is 2.70 bits per heavy atom. The zero-order valence-corrected chi connectivity index (χ0v) is 16.1. The van der Waals surface area contributed by atoms with Gasteiger partial charge in [-0.05, 0) is 51.7 Å². The number of amides is 2. The van der Waals surface area contributed by atoms with Crippen LogP contribution in [0, 0.1) is 5.92 Å². The van der Waals surface area contributed by atoms with E-state index in [-0.39, 0.29) is 12.0 Å². The van der Waals surface area contributed by atoms with Gasteiger partial charge in [-0.2, -0.15) is 0 Å². The topological polar surface area (TPSA) is 67.2 Å². The highest BCUT2D eigenvalue weighted by Gasteiger charge is 2.31. The first kappa shape index (κ1) is 17.8. The van der Waals surface area contributed by atoms with Crippen molar-refractivity contribution >= 4 is 17.6 Å². The van der Waals surface area contributed by atoms with E-state index in [2.05, 4.69) is 4.98 Å². The van der Waals surface area contributed by atoms with Crippen LogP contribution in [0.4, 0.5) is 4.79 Å². The Labute approximate surface area is 158 Å². The summed E-state index contributed by atoms with van der Waals surface area (Å²) in [4.78, 5) is 33.1. The van der Waals surface area contributed by atoms with Gasteiger partial charge in [-0.25, -0.2) is 9.78 Å². The molecule has 2 aliphatic heterocycles. The van der Waals surface area contributed by atoms with Gasteiger partial charge in [0.2, 0.25) is 0 Å². The first-order valence-electron chi connectivity index (χ1n) is 9.54. The molecule has 144 valence electrons. The Bertz CT molecular complexity index is 875. The number of rotatable bonds is 2. The summed E-state index contributed by atoms with van der Waals surface area (Å²) in [6.07, 6.45) is 3.18. The number of nitrogens with zero attached hydrogens (tertiary/aromatic N) is 4. The Hall–Kier alpha value is -2.57. The summed E-state index contributed by atoms with van der Waals surface area (Å²) in [5.41, 5.74) is 2.07. The van der Waals surface area contributed by atoms with Crippen molar-refractivity contribution in [3.05, 3.63) is 35.8 Å². The van der Waals surface area contributed by atoms with E-state index in [1.54, 1.807) is 11.1 Å². The van der Waals surface area contributed by atoms with E-state index in [0.29, 0.717) is 37.8 Å². The van der Waals surface area contributed by atoms with E-state index in [0.717, 1.165) is 24.2 Å². The number of likely N-dealkylation sites (tertiary alicyclic amines) is 1. The first-order valence-corrected chi connectivity index (χ1v) is 9.54. The average molecular weight is 370 g/mol. The molecule has 0 aliphatic carbocycles. The first-order chi connectivity index (χ1) is 12.8. The molecule has 7 heteroatoms. The number of imidazole rings is 1. The van der Waals surface area contributed by atoms with Crippen molar-refractivity contribution in [3.8, 4) is 0 Å². The highest BCUT2D eigenvalue weighted by atomic mass is 16.6. The summed E-state index contributed by atoms with van der Waals surface area (Å²) in [5, 5.41) is 0. The van der Waals surface area contributed by atoms with Gasteiger partial charge >= 0.3 is 6.09 Å². The van der Waals surface area contributed by atoms with Gasteiger partial charge < -0.3 is 14.5 Å². The molecule has 4 rings (SSSR count). The van der Waals surface area contributed by atoms with E-state index in [4.69, 9.17) is 4.74 Å². The van der Waals surface area contributed by atoms with Crippen LogP contribution in [0.1, 0.15) is 49.8 Å². The predicted octanol–water partition coefficient (Wildman–Crippen LogP) is 2.94. The summed E-state index contributed by atoms with van der Waals surface area (Å²) >= 11 is 0. The van der Waals surface area contributed by atoms with Crippen LogP contribution in [0.5, 0.6) is 0 Å². The molecule has 1 saturated heterocycles. The maximum Gasteiger partial charge on any atom is 0.410 e. The minimum Gasteiger partial charge on any atom is -0.444 e. The fraction of sp³-hybridized carbons (Fsp3) is 0.550. The predicted molar refractivity (Wildman–Crippen MR) is 100 cm³/mol. The summed E-state index contributed by atoms with van der Waals surface area (Å²) in [5.74, 6) is 0.428. The second kappa shape index (κ2) is 6.55. The molecule has 1 fully saturated rings. The Balaban J connectivity index is 1.37. The average Bonchev–Trinajstić information content (AvgIpc) is 3.04. The molecule has 0 spiro atoms. The normalized spacial score (nSPS) is 18.3. The van der Waals surface area contributed by atoms with Gasteiger partial charge in [0.05, 0.1) is 12.7 Å². The van der Waals surface area contributed by atoms with Crippen molar-refractivity contribution in [1.29, 1.82) is 0 Å². The number of carbonyl (C=O) groups excluding carboxylic acids is 2. The van der Waals surface area contributed by atoms with Crippen molar-refractivity contribution < 1.29 is 14.3 Å². The number of pyridine rings is 1. The van der Waals surface area contributed by atoms with E-state index in [1.807, 2.05) is 48.3 Å². The maximum absolute atomic E-state index is 12.8. The highest BCUT2D eigenvalue weighted by Crippen LogP contribution is 2.25. The third-order valence-corrected chi connectivity index (χ3v) is 5.21. The summed E-state index contributed by atoms with van der Waals surface area (Å²) < 4.78 is 7.40. The van der Waals surface area contributed by atoms with Crippen LogP contribution in [0.25, 0.3) is 5.65 Å². The molecule has 2 aromatic rings. The molecule has 2 amide bonds. The van der Waals surface area contributed by atoms with Crippen LogP contribution in [0.15, 0.2) is 24.4 Å². The number of hydrogen-bond acceptors (Lipinski definition) is 4. The van der Waals surface area contributed by atoms with Crippen LogP contribution in [-0.2, 0) is 11.3 Å². The fourth-order valence-corrected chi connectivity index (χ4v) is 3.89. The van der Waals surface area contributed by atoms with E-state index >= 15 is 0 Å². The molecule has 0 N–H and O–H groups in total.